The molecule has 0 bridgehead atoms. The maximum Gasteiger partial charge on any atom is 0.336 e. The summed E-state index contributed by atoms with van der Waals surface area (Å²) in [5.74, 6) is 1.31. The highest BCUT2D eigenvalue weighted by atomic mass is 16.5. The van der Waals surface area contributed by atoms with Gasteiger partial charge in [-0.2, -0.15) is 0 Å². The molecular weight excluding hydrogens is 412 g/mol. The number of fused-ring (bicyclic) bond motifs is 1. The fourth-order valence-electron chi connectivity index (χ4n) is 3.05. The van der Waals surface area contributed by atoms with Crippen molar-refractivity contribution in [2.24, 2.45) is 0 Å². The zero-order chi connectivity index (χ0) is 22.9. The van der Waals surface area contributed by atoms with Crippen LogP contribution in [0.3, 0.4) is 0 Å². The van der Waals surface area contributed by atoms with Crippen molar-refractivity contribution in [2.45, 2.75) is 26.9 Å². The third-order valence-electron chi connectivity index (χ3n) is 4.55. The third-order valence-corrected chi connectivity index (χ3v) is 4.55. The predicted molar refractivity (Wildman–Crippen MR) is 121 cm³/mol. The molecule has 1 heterocycles. The Morgan fingerprint density at radius 3 is 2.62 bits per heavy atom. The molecule has 0 aliphatic carbocycles. The van der Waals surface area contributed by atoms with Crippen LogP contribution in [-0.4, -0.2) is 26.3 Å². The summed E-state index contributed by atoms with van der Waals surface area (Å²) in [6, 6.07) is 11.9. The molecule has 7 heteroatoms. The topological polar surface area (TPSA) is 84.2 Å². The Labute approximate surface area is 186 Å². The molecule has 0 amide bonds. The second kappa shape index (κ2) is 11.0. The Bertz CT molecular complexity index is 1160. The second-order valence-electron chi connectivity index (χ2n) is 6.88. The molecule has 0 fully saturated rings. The largest absolute Gasteiger partial charge is 0.497 e. The number of methoxy groups -OCH3 is 1. The summed E-state index contributed by atoms with van der Waals surface area (Å²) in [4.78, 5) is 24.1. The molecule has 0 saturated carbocycles. The van der Waals surface area contributed by atoms with Gasteiger partial charge in [-0.05, 0) is 49.2 Å². The summed E-state index contributed by atoms with van der Waals surface area (Å²) in [6.07, 6.45) is 3.86. The Morgan fingerprint density at radius 1 is 1.03 bits per heavy atom. The molecule has 0 radical (unpaired) electrons. The number of hydrogen-bond donors (Lipinski definition) is 0. The molecule has 7 nitrogen and oxygen atoms in total. The van der Waals surface area contributed by atoms with E-state index in [1.807, 2.05) is 32.0 Å². The summed E-state index contributed by atoms with van der Waals surface area (Å²) in [5, 5.41) is 0.672. The van der Waals surface area contributed by atoms with Gasteiger partial charge >= 0.3 is 11.6 Å². The first-order chi connectivity index (χ1) is 15.5. The minimum Gasteiger partial charge on any atom is -0.497 e. The quantitative estimate of drug-likeness (QED) is 0.257. The van der Waals surface area contributed by atoms with Crippen molar-refractivity contribution in [1.29, 1.82) is 0 Å². The fraction of sp³-hybridized carbons (Fsp3) is 0.280. The number of rotatable bonds is 10. The molecule has 0 atom stereocenters. The normalized spacial score (nSPS) is 11.0. The first kappa shape index (κ1) is 22.9. The number of benzene rings is 2. The van der Waals surface area contributed by atoms with Crippen LogP contribution in [0.2, 0.25) is 0 Å². The van der Waals surface area contributed by atoms with Crippen molar-refractivity contribution in [1.82, 2.24) is 0 Å². The maximum absolute atomic E-state index is 12.2. The lowest BCUT2D eigenvalue weighted by Gasteiger charge is -2.12. The molecule has 168 valence electrons. The van der Waals surface area contributed by atoms with Crippen LogP contribution in [0.4, 0.5) is 0 Å². The smallest absolute Gasteiger partial charge is 0.336 e. The van der Waals surface area contributed by atoms with E-state index in [2.05, 4.69) is 0 Å². The lowest BCUT2D eigenvalue weighted by Crippen LogP contribution is -2.05. The molecule has 0 aliphatic rings. The van der Waals surface area contributed by atoms with Crippen LogP contribution in [0.5, 0.6) is 17.2 Å². The molecule has 0 spiro atoms. The van der Waals surface area contributed by atoms with Crippen molar-refractivity contribution < 1.29 is 28.2 Å². The van der Waals surface area contributed by atoms with Crippen LogP contribution in [0.15, 0.2) is 57.8 Å². The van der Waals surface area contributed by atoms with Crippen LogP contribution in [0.1, 0.15) is 31.4 Å². The number of esters is 1. The van der Waals surface area contributed by atoms with E-state index >= 15 is 0 Å². The fourth-order valence-corrected chi connectivity index (χ4v) is 3.05. The van der Waals surface area contributed by atoms with Gasteiger partial charge in [0.25, 0.3) is 0 Å². The molecule has 32 heavy (non-hydrogen) atoms. The van der Waals surface area contributed by atoms with E-state index in [1.165, 1.54) is 19.3 Å². The number of ether oxygens (including phenoxy) is 4. The summed E-state index contributed by atoms with van der Waals surface area (Å²) in [6.45, 7) is 4.97. The van der Waals surface area contributed by atoms with Crippen LogP contribution in [0, 0.1) is 0 Å². The Morgan fingerprint density at radius 2 is 1.88 bits per heavy atom. The van der Waals surface area contributed by atoms with Gasteiger partial charge in [0.2, 0.25) is 0 Å². The molecule has 0 N–H and O–H groups in total. The average Bonchev–Trinajstić information content (AvgIpc) is 2.80. The molecule has 0 saturated heterocycles. The summed E-state index contributed by atoms with van der Waals surface area (Å²) in [5.41, 5.74) is 1.16. The van der Waals surface area contributed by atoms with E-state index in [-0.39, 0.29) is 6.61 Å². The van der Waals surface area contributed by atoms with Crippen LogP contribution in [-0.2, 0) is 16.1 Å². The van der Waals surface area contributed by atoms with Crippen molar-refractivity contribution in [2.75, 3.05) is 20.3 Å². The van der Waals surface area contributed by atoms with Crippen LogP contribution >= 0.6 is 0 Å². The van der Waals surface area contributed by atoms with Crippen molar-refractivity contribution in [3.05, 3.63) is 70.1 Å². The number of hydrogen-bond acceptors (Lipinski definition) is 7. The molecule has 0 unspecified atom stereocenters. The van der Waals surface area contributed by atoms with Gasteiger partial charge in [0, 0.05) is 29.2 Å². The first-order valence-corrected chi connectivity index (χ1v) is 10.4. The molecule has 2 aromatic carbocycles. The van der Waals surface area contributed by atoms with E-state index in [9.17, 15) is 9.59 Å². The average molecular weight is 438 g/mol. The molecule has 3 aromatic rings. The zero-order valence-corrected chi connectivity index (χ0v) is 18.4. The Hall–Kier alpha value is -3.74. The minimum absolute atomic E-state index is 0.0639. The zero-order valence-electron chi connectivity index (χ0n) is 18.4. The lowest BCUT2D eigenvalue weighted by atomic mass is 10.1. The van der Waals surface area contributed by atoms with Gasteiger partial charge in [0.05, 0.1) is 20.3 Å². The number of carbonyl (C=O) groups excluding carboxylic acids is 1. The molecule has 0 aliphatic heterocycles. The van der Waals surface area contributed by atoms with E-state index in [1.54, 1.807) is 24.3 Å². The Balaban J connectivity index is 1.70. The molecular formula is C25H26O7. The van der Waals surface area contributed by atoms with E-state index in [0.717, 1.165) is 12.0 Å². The monoisotopic (exact) mass is 438 g/mol. The predicted octanol–water partition coefficient (Wildman–Crippen LogP) is 4.75. The first-order valence-electron chi connectivity index (χ1n) is 10.4. The highest BCUT2D eigenvalue weighted by Gasteiger charge is 2.10. The SMILES string of the molecule is CCCOc1ccc(C=CC(=O)OCc2cc(=O)oc3cc(OC)ccc23)cc1OCC. The van der Waals surface area contributed by atoms with E-state index in [4.69, 9.17) is 23.4 Å². The molecule has 3 rings (SSSR count). The number of carbonyl (C=O) groups is 1. The summed E-state index contributed by atoms with van der Waals surface area (Å²) in [7, 11) is 1.53. The van der Waals surface area contributed by atoms with E-state index < -0.39 is 11.6 Å². The highest BCUT2D eigenvalue weighted by Crippen LogP contribution is 2.29. The third kappa shape index (κ3) is 5.91. The minimum atomic E-state index is -0.538. The maximum atomic E-state index is 12.2. The van der Waals surface area contributed by atoms with Gasteiger partial charge in [0.15, 0.2) is 11.5 Å². The van der Waals surface area contributed by atoms with Gasteiger partial charge in [-0.3, -0.25) is 0 Å². The van der Waals surface area contributed by atoms with Gasteiger partial charge in [-0.1, -0.05) is 13.0 Å². The van der Waals surface area contributed by atoms with Gasteiger partial charge in [-0.15, -0.1) is 0 Å². The molecule has 1 aromatic heterocycles. The van der Waals surface area contributed by atoms with E-state index in [0.29, 0.717) is 47.0 Å². The standard InChI is InChI=1S/C25H26O7/c1-4-12-30-21-10-6-17(13-23(21)29-5-2)7-11-24(26)31-16-18-14-25(27)32-22-15-19(28-3)8-9-20(18)22/h6-11,13-15H,4-5,12,16H2,1-3H3. The van der Waals surface area contributed by atoms with Crippen molar-refractivity contribution >= 4 is 23.0 Å². The second-order valence-corrected chi connectivity index (χ2v) is 6.88. The van der Waals surface area contributed by atoms with Crippen molar-refractivity contribution in [3.63, 3.8) is 0 Å². The van der Waals surface area contributed by atoms with Gasteiger partial charge in [-0.25, -0.2) is 9.59 Å². The summed E-state index contributed by atoms with van der Waals surface area (Å²) < 4.78 is 27.0. The van der Waals surface area contributed by atoms with Gasteiger partial charge in [0.1, 0.15) is 17.9 Å². The van der Waals surface area contributed by atoms with Crippen LogP contribution in [0.25, 0.3) is 17.0 Å². The lowest BCUT2D eigenvalue weighted by molar-refractivity contribution is -0.138. The van der Waals surface area contributed by atoms with Crippen molar-refractivity contribution in [3.8, 4) is 17.2 Å². The Kier molecular flexibility index (Phi) is 7.91. The highest BCUT2D eigenvalue weighted by molar-refractivity contribution is 5.87. The van der Waals surface area contributed by atoms with Crippen LogP contribution < -0.4 is 19.8 Å². The van der Waals surface area contributed by atoms with Gasteiger partial charge < -0.3 is 23.4 Å². The summed E-state index contributed by atoms with van der Waals surface area (Å²) >= 11 is 0.